The fourth-order valence-corrected chi connectivity index (χ4v) is 4.16. The van der Waals surface area contributed by atoms with E-state index in [1.54, 1.807) is 48.5 Å². The highest BCUT2D eigenvalue weighted by Crippen LogP contribution is 2.35. The molecule has 1 fully saturated rings. The van der Waals surface area contributed by atoms with Crippen LogP contribution in [-0.2, 0) is 20.9 Å². The number of nitrogens with zero attached hydrogens (tertiary/aromatic N) is 1. The summed E-state index contributed by atoms with van der Waals surface area (Å²) >= 11 is 2.00. The summed E-state index contributed by atoms with van der Waals surface area (Å²) in [6, 6.07) is 14.6. The third kappa shape index (κ3) is 5.74. The van der Waals surface area contributed by atoms with Gasteiger partial charge < -0.3 is 19.2 Å². The van der Waals surface area contributed by atoms with Crippen LogP contribution in [0.1, 0.15) is 11.3 Å². The second-order valence-electron chi connectivity index (χ2n) is 7.52. The first-order chi connectivity index (χ1) is 17.4. The van der Waals surface area contributed by atoms with Gasteiger partial charge >= 0.3 is 6.03 Å². The number of rotatable bonds is 8. The Labute approximate surface area is 219 Å². The quantitative estimate of drug-likeness (QED) is 0.230. The van der Waals surface area contributed by atoms with Crippen LogP contribution in [0.5, 0.6) is 11.5 Å². The first kappa shape index (κ1) is 25.0. The van der Waals surface area contributed by atoms with Crippen molar-refractivity contribution >= 4 is 58.1 Å². The van der Waals surface area contributed by atoms with Crippen molar-refractivity contribution in [3.05, 3.63) is 81.3 Å². The molecule has 11 heteroatoms. The molecule has 0 aliphatic carbocycles. The summed E-state index contributed by atoms with van der Waals surface area (Å²) in [5.74, 6) is -0.900. The van der Waals surface area contributed by atoms with Crippen LogP contribution >= 0.6 is 22.6 Å². The molecule has 1 aromatic heterocycles. The molecule has 2 aromatic carbocycles. The molecule has 36 heavy (non-hydrogen) atoms. The standard InChI is InChI=1S/C25H20IN3O7/c1-34-20-12-15(11-19(26)22(20)36-14-21(30)27-16-6-3-2-4-7-16)10-18-23(31)28-25(33)29(24(18)32)13-17-8-5-9-35-17/h2-12H,13-14H2,1H3,(H,27,30)(H,28,31,33)/b18-10+. The highest BCUT2D eigenvalue weighted by atomic mass is 127. The van der Waals surface area contributed by atoms with Crippen molar-refractivity contribution in [1.29, 1.82) is 0 Å². The average Bonchev–Trinajstić information content (AvgIpc) is 3.37. The van der Waals surface area contributed by atoms with Crippen LogP contribution in [0.2, 0.25) is 0 Å². The van der Waals surface area contributed by atoms with E-state index < -0.39 is 17.8 Å². The van der Waals surface area contributed by atoms with Crippen LogP contribution in [0.25, 0.3) is 6.08 Å². The number of methoxy groups -OCH3 is 1. The van der Waals surface area contributed by atoms with Gasteiger partial charge in [0.25, 0.3) is 17.7 Å². The highest BCUT2D eigenvalue weighted by molar-refractivity contribution is 14.1. The van der Waals surface area contributed by atoms with Crippen molar-refractivity contribution in [3.63, 3.8) is 0 Å². The van der Waals surface area contributed by atoms with Crippen LogP contribution in [0.3, 0.4) is 0 Å². The van der Waals surface area contributed by atoms with Crippen molar-refractivity contribution in [3.8, 4) is 11.5 Å². The summed E-state index contributed by atoms with van der Waals surface area (Å²) in [5.41, 5.74) is 0.878. The molecule has 1 saturated heterocycles. The largest absolute Gasteiger partial charge is 0.493 e. The number of halogens is 1. The molecule has 5 amide bonds. The van der Waals surface area contributed by atoms with E-state index in [1.165, 1.54) is 19.4 Å². The number of anilines is 1. The first-order valence-electron chi connectivity index (χ1n) is 10.6. The minimum absolute atomic E-state index is 0.124. The van der Waals surface area contributed by atoms with E-state index in [4.69, 9.17) is 13.9 Å². The number of benzene rings is 2. The van der Waals surface area contributed by atoms with Gasteiger partial charge in [0.05, 0.1) is 23.5 Å². The van der Waals surface area contributed by atoms with Crippen molar-refractivity contribution < 1.29 is 33.1 Å². The molecule has 0 saturated carbocycles. The van der Waals surface area contributed by atoms with E-state index in [2.05, 4.69) is 10.6 Å². The Morgan fingerprint density at radius 2 is 1.92 bits per heavy atom. The monoisotopic (exact) mass is 601 g/mol. The minimum atomic E-state index is -0.830. The number of amides is 5. The van der Waals surface area contributed by atoms with Crippen molar-refractivity contribution in [2.75, 3.05) is 19.0 Å². The predicted molar refractivity (Wildman–Crippen MR) is 137 cm³/mol. The number of barbiturate groups is 1. The van der Waals surface area contributed by atoms with E-state index in [0.717, 1.165) is 4.90 Å². The lowest BCUT2D eigenvalue weighted by Gasteiger charge is -2.25. The summed E-state index contributed by atoms with van der Waals surface area (Å²) in [6.45, 7) is -0.382. The first-order valence-corrected chi connectivity index (χ1v) is 11.7. The van der Waals surface area contributed by atoms with Crippen molar-refractivity contribution in [1.82, 2.24) is 10.2 Å². The molecule has 0 unspecified atom stereocenters. The van der Waals surface area contributed by atoms with E-state index >= 15 is 0 Å². The number of carbonyl (C=O) groups is 4. The Morgan fingerprint density at radius 1 is 1.14 bits per heavy atom. The minimum Gasteiger partial charge on any atom is -0.493 e. The molecule has 0 spiro atoms. The zero-order valence-electron chi connectivity index (χ0n) is 18.9. The number of urea groups is 1. The number of hydrogen-bond donors (Lipinski definition) is 2. The maximum absolute atomic E-state index is 12.9. The summed E-state index contributed by atoms with van der Waals surface area (Å²) in [5, 5.41) is 4.90. The Hall–Kier alpha value is -4.13. The highest BCUT2D eigenvalue weighted by Gasteiger charge is 2.36. The van der Waals surface area contributed by atoms with E-state index in [9.17, 15) is 19.2 Å². The van der Waals surface area contributed by atoms with Crippen LogP contribution in [0.15, 0.2) is 70.9 Å². The van der Waals surface area contributed by atoms with Crippen LogP contribution in [0, 0.1) is 3.57 Å². The molecule has 2 N–H and O–H groups in total. The Kier molecular flexibility index (Phi) is 7.68. The zero-order chi connectivity index (χ0) is 25.7. The van der Waals surface area contributed by atoms with Gasteiger partial charge in [0.2, 0.25) is 0 Å². The Morgan fingerprint density at radius 3 is 2.61 bits per heavy atom. The Balaban J connectivity index is 1.52. The smallest absolute Gasteiger partial charge is 0.331 e. The Bertz CT molecular complexity index is 1340. The van der Waals surface area contributed by atoms with E-state index in [-0.39, 0.29) is 24.6 Å². The third-order valence-electron chi connectivity index (χ3n) is 5.05. The lowest BCUT2D eigenvalue weighted by Crippen LogP contribution is -2.53. The summed E-state index contributed by atoms with van der Waals surface area (Å²) in [6.07, 6.45) is 2.78. The van der Waals surface area contributed by atoms with Gasteiger partial charge in [-0.25, -0.2) is 4.79 Å². The van der Waals surface area contributed by atoms with Gasteiger partial charge in [-0.15, -0.1) is 0 Å². The van der Waals surface area contributed by atoms with Crippen molar-refractivity contribution in [2.24, 2.45) is 0 Å². The molecule has 10 nitrogen and oxygen atoms in total. The summed E-state index contributed by atoms with van der Waals surface area (Å²) < 4.78 is 16.9. The molecular formula is C25H20IN3O7. The molecule has 3 aromatic rings. The molecule has 4 rings (SSSR count). The number of hydrogen-bond acceptors (Lipinski definition) is 7. The van der Waals surface area contributed by atoms with Gasteiger partial charge in [0, 0.05) is 5.69 Å². The molecule has 184 valence electrons. The fourth-order valence-electron chi connectivity index (χ4n) is 3.38. The third-order valence-corrected chi connectivity index (χ3v) is 5.85. The maximum atomic E-state index is 12.9. The number of para-hydroxylation sites is 1. The van der Waals surface area contributed by atoms with Gasteiger partial charge in [0.1, 0.15) is 11.3 Å². The molecule has 1 aliphatic heterocycles. The average molecular weight is 601 g/mol. The van der Waals surface area contributed by atoms with Crippen LogP contribution in [-0.4, -0.2) is 42.4 Å². The summed E-state index contributed by atoms with van der Waals surface area (Å²) in [7, 11) is 1.43. The number of nitrogens with one attached hydrogen (secondary N) is 2. The van der Waals surface area contributed by atoms with Crippen molar-refractivity contribution in [2.45, 2.75) is 6.54 Å². The molecule has 2 heterocycles. The second kappa shape index (κ2) is 11.1. The van der Waals surface area contributed by atoms with Crippen LogP contribution in [0.4, 0.5) is 10.5 Å². The number of carbonyl (C=O) groups excluding carboxylic acids is 4. The van der Waals surface area contributed by atoms with E-state index in [1.807, 2.05) is 28.7 Å². The molecule has 1 aliphatic rings. The number of ether oxygens (including phenoxy) is 2. The molecule has 0 radical (unpaired) electrons. The normalized spacial score (nSPS) is 14.6. The molecular weight excluding hydrogens is 581 g/mol. The van der Waals surface area contributed by atoms with Gasteiger partial charge in [-0.2, -0.15) is 0 Å². The molecule has 0 atom stereocenters. The number of imide groups is 2. The van der Waals surface area contributed by atoms with Gasteiger partial charge in [-0.3, -0.25) is 24.6 Å². The number of furan rings is 1. The topological polar surface area (TPSA) is 127 Å². The second-order valence-corrected chi connectivity index (χ2v) is 8.69. The van der Waals surface area contributed by atoms with Gasteiger partial charge in [0.15, 0.2) is 18.1 Å². The zero-order valence-corrected chi connectivity index (χ0v) is 21.1. The van der Waals surface area contributed by atoms with Crippen LogP contribution < -0.4 is 20.1 Å². The predicted octanol–water partition coefficient (Wildman–Crippen LogP) is 3.57. The fraction of sp³-hybridized carbons (Fsp3) is 0.120. The molecule has 0 bridgehead atoms. The maximum Gasteiger partial charge on any atom is 0.331 e. The lowest BCUT2D eigenvalue weighted by atomic mass is 10.1. The van der Waals surface area contributed by atoms with E-state index in [0.29, 0.717) is 32.1 Å². The van der Waals surface area contributed by atoms with Gasteiger partial charge in [-0.1, -0.05) is 18.2 Å². The lowest BCUT2D eigenvalue weighted by molar-refractivity contribution is -0.130. The SMILES string of the molecule is COc1cc(/C=C2\C(=O)NC(=O)N(Cc3ccco3)C2=O)cc(I)c1OCC(=O)Nc1ccccc1. The summed E-state index contributed by atoms with van der Waals surface area (Å²) in [4.78, 5) is 50.7. The van der Waals surface area contributed by atoms with Gasteiger partial charge in [-0.05, 0) is 70.6 Å².